The van der Waals surface area contributed by atoms with Crippen molar-refractivity contribution in [3.63, 3.8) is 0 Å². The molecule has 1 unspecified atom stereocenters. The molecule has 1 aliphatic rings. The number of hydrogen-bond donors (Lipinski definition) is 3. The van der Waals surface area contributed by atoms with Gasteiger partial charge in [-0.05, 0) is 48.0 Å². The standard InChI is InChI=1S/C25H13Cl8F2N3O3/c26-11-2-1-9(36-23(40)17-16(25(17,32)33)8-5-12(27)18(29)13(28)6-8)7-10(11)22(39)37-15-4-3-14(34)20(19(15)35)38-24(41)21(30)31/h1-7,16-17,21H,(H,36,40)(H,37,39)(H,38,41)/t16-,17?/m0/s1. The summed E-state index contributed by atoms with van der Waals surface area (Å²) in [7, 11) is 0. The summed E-state index contributed by atoms with van der Waals surface area (Å²) in [4.78, 5) is 36.1. The maximum Gasteiger partial charge on any atom is 0.257 e. The van der Waals surface area contributed by atoms with Crippen LogP contribution in [0.1, 0.15) is 21.8 Å². The van der Waals surface area contributed by atoms with E-state index in [1.165, 1.54) is 30.3 Å². The number of amides is 3. The maximum absolute atomic E-state index is 14.9. The van der Waals surface area contributed by atoms with Crippen LogP contribution in [0.15, 0.2) is 42.5 Å². The lowest BCUT2D eigenvalue weighted by Gasteiger charge is -2.13. The molecule has 41 heavy (non-hydrogen) atoms. The lowest BCUT2D eigenvalue weighted by atomic mass is 10.1. The number of anilines is 3. The van der Waals surface area contributed by atoms with E-state index >= 15 is 0 Å². The molecule has 0 aliphatic heterocycles. The summed E-state index contributed by atoms with van der Waals surface area (Å²) in [5.74, 6) is -6.62. The summed E-state index contributed by atoms with van der Waals surface area (Å²) in [6.07, 6.45) is 0. The summed E-state index contributed by atoms with van der Waals surface area (Å²) >= 11 is 48.0. The van der Waals surface area contributed by atoms with Crippen LogP contribution in [0, 0.1) is 17.6 Å². The van der Waals surface area contributed by atoms with Crippen LogP contribution in [0.5, 0.6) is 0 Å². The minimum Gasteiger partial charge on any atom is -0.326 e. The number of nitrogens with one attached hydrogen (secondary N) is 3. The quantitative estimate of drug-likeness (QED) is 0.168. The number of alkyl halides is 4. The number of carbonyl (C=O) groups excluding carboxylic acids is 3. The van der Waals surface area contributed by atoms with Gasteiger partial charge < -0.3 is 16.0 Å². The van der Waals surface area contributed by atoms with E-state index in [2.05, 4.69) is 10.6 Å². The molecule has 3 N–H and O–H groups in total. The van der Waals surface area contributed by atoms with E-state index in [4.69, 9.17) is 92.8 Å². The first-order valence-electron chi connectivity index (χ1n) is 11.1. The molecule has 0 spiro atoms. The minimum atomic E-state index is -1.60. The van der Waals surface area contributed by atoms with Gasteiger partial charge in [0.15, 0.2) is 10.7 Å². The fraction of sp³-hybridized carbons (Fsp3) is 0.160. The van der Waals surface area contributed by atoms with Crippen molar-refractivity contribution in [2.24, 2.45) is 5.92 Å². The van der Waals surface area contributed by atoms with Crippen LogP contribution in [0.2, 0.25) is 20.1 Å². The number of hydrogen-bond acceptors (Lipinski definition) is 3. The Morgan fingerprint density at radius 3 is 2.07 bits per heavy atom. The molecule has 2 atom stereocenters. The molecule has 3 amide bonds. The highest BCUT2D eigenvalue weighted by Crippen LogP contribution is 2.65. The van der Waals surface area contributed by atoms with Gasteiger partial charge in [-0.3, -0.25) is 14.4 Å². The van der Waals surface area contributed by atoms with Gasteiger partial charge in [0.05, 0.1) is 37.3 Å². The average molecular weight is 725 g/mol. The Bertz CT molecular complexity index is 1560. The van der Waals surface area contributed by atoms with Gasteiger partial charge in [-0.15, -0.1) is 23.2 Å². The van der Waals surface area contributed by atoms with E-state index in [1.54, 1.807) is 0 Å². The van der Waals surface area contributed by atoms with Gasteiger partial charge >= 0.3 is 0 Å². The van der Waals surface area contributed by atoms with E-state index in [1.807, 2.05) is 5.32 Å². The highest BCUT2D eigenvalue weighted by molar-refractivity contribution is 6.55. The third kappa shape index (κ3) is 6.76. The zero-order valence-electron chi connectivity index (χ0n) is 19.8. The fourth-order valence-corrected chi connectivity index (χ4v) is 5.70. The molecular weight excluding hydrogens is 712 g/mol. The Hall–Kier alpha value is -1.75. The van der Waals surface area contributed by atoms with Crippen molar-refractivity contribution in [1.82, 2.24) is 0 Å². The smallest absolute Gasteiger partial charge is 0.257 e. The maximum atomic E-state index is 14.9. The van der Waals surface area contributed by atoms with Crippen molar-refractivity contribution in [2.75, 3.05) is 16.0 Å². The SMILES string of the molecule is O=C(Nc1ccc(F)c(NC(=O)C(Cl)Cl)c1F)c1cc(NC(=O)C2[C@H](c3cc(Cl)c(Cl)c(Cl)c3)C2(Cl)Cl)ccc1Cl. The summed E-state index contributed by atoms with van der Waals surface area (Å²) < 4.78 is 27.5. The topological polar surface area (TPSA) is 87.3 Å². The number of carbonyl (C=O) groups is 3. The summed E-state index contributed by atoms with van der Waals surface area (Å²) in [6, 6.07) is 8.71. The van der Waals surface area contributed by atoms with Crippen molar-refractivity contribution in [3.8, 4) is 0 Å². The molecule has 0 bridgehead atoms. The van der Waals surface area contributed by atoms with Crippen LogP contribution in [-0.4, -0.2) is 26.9 Å². The molecule has 1 fully saturated rings. The van der Waals surface area contributed by atoms with Gasteiger partial charge in [0.2, 0.25) is 5.91 Å². The molecule has 0 aromatic heterocycles. The van der Waals surface area contributed by atoms with Crippen LogP contribution in [0.4, 0.5) is 25.8 Å². The molecule has 0 saturated heterocycles. The minimum absolute atomic E-state index is 0.0533. The molecule has 216 valence electrons. The van der Waals surface area contributed by atoms with Crippen molar-refractivity contribution in [1.29, 1.82) is 0 Å². The molecular formula is C25H13Cl8F2N3O3. The Morgan fingerprint density at radius 2 is 1.46 bits per heavy atom. The Balaban J connectivity index is 1.52. The molecule has 16 heteroatoms. The Morgan fingerprint density at radius 1 is 0.829 bits per heavy atom. The van der Waals surface area contributed by atoms with E-state index < -0.39 is 61.7 Å². The third-order valence-corrected chi connectivity index (χ3v) is 8.83. The lowest BCUT2D eigenvalue weighted by molar-refractivity contribution is -0.117. The van der Waals surface area contributed by atoms with Crippen molar-refractivity contribution < 1.29 is 23.2 Å². The van der Waals surface area contributed by atoms with E-state index in [0.29, 0.717) is 5.56 Å². The molecule has 4 rings (SSSR count). The predicted molar refractivity (Wildman–Crippen MR) is 161 cm³/mol. The largest absolute Gasteiger partial charge is 0.326 e. The highest BCUT2D eigenvalue weighted by atomic mass is 35.5. The zero-order chi connectivity index (χ0) is 30.4. The third-order valence-electron chi connectivity index (χ3n) is 5.97. The van der Waals surface area contributed by atoms with Crippen LogP contribution in [-0.2, 0) is 9.59 Å². The zero-order valence-corrected chi connectivity index (χ0v) is 25.8. The van der Waals surface area contributed by atoms with Gasteiger partial charge in [0, 0.05) is 11.6 Å². The van der Waals surface area contributed by atoms with E-state index in [-0.39, 0.29) is 31.3 Å². The molecule has 1 saturated carbocycles. The molecule has 0 radical (unpaired) electrons. The highest BCUT2D eigenvalue weighted by Gasteiger charge is 2.67. The second kappa shape index (κ2) is 12.5. The molecule has 0 heterocycles. The van der Waals surface area contributed by atoms with E-state index in [0.717, 1.165) is 12.1 Å². The molecule has 3 aromatic rings. The first kappa shape index (κ1) is 32.2. The Kier molecular flexibility index (Phi) is 9.78. The summed E-state index contributed by atoms with van der Waals surface area (Å²) in [5.41, 5.74) is -0.913. The first-order chi connectivity index (χ1) is 19.1. The number of benzene rings is 3. The van der Waals surface area contributed by atoms with Crippen LogP contribution in [0.3, 0.4) is 0 Å². The average Bonchev–Trinajstić information content (AvgIpc) is 3.49. The van der Waals surface area contributed by atoms with Crippen LogP contribution < -0.4 is 16.0 Å². The van der Waals surface area contributed by atoms with Crippen molar-refractivity contribution >= 4 is 128 Å². The lowest BCUT2D eigenvalue weighted by Crippen LogP contribution is -2.21. The monoisotopic (exact) mass is 721 g/mol. The molecule has 6 nitrogen and oxygen atoms in total. The summed E-state index contributed by atoms with van der Waals surface area (Å²) in [5, 5.41) is 7.15. The molecule has 3 aromatic carbocycles. The van der Waals surface area contributed by atoms with Crippen molar-refractivity contribution in [2.45, 2.75) is 15.1 Å². The van der Waals surface area contributed by atoms with Gasteiger partial charge in [-0.25, -0.2) is 8.78 Å². The molecule has 1 aliphatic carbocycles. The normalized spacial score (nSPS) is 17.2. The van der Waals surface area contributed by atoms with Crippen LogP contribution >= 0.6 is 92.8 Å². The van der Waals surface area contributed by atoms with Gasteiger partial charge in [-0.1, -0.05) is 69.6 Å². The van der Waals surface area contributed by atoms with E-state index in [9.17, 15) is 23.2 Å². The second-order valence-corrected chi connectivity index (χ2v) is 12.8. The van der Waals surface area contributed by atoms with Gasteiger partial charge in [-0.2, -0.15) is 0 Å². The fourth-order valence-electron chi connectivity index (χ4n) is 3.95. The number of rotatable bonds is 7. The Labute approximate surface area is 271 Å². The number of halogens is 10. The van der Waals surface area contributed by atoms with Crippen molar-refractivity contribution in [3.05, 3.63) is 85.3 Å². The second-order valence-electron chi connectivity index (χ2n) is 8.64. The predicted octanol–water partition coefficient (Wildman–Crippen LogP) is 9.10. The summed E-state index contributed by atoms with van der Waals surface area (Å²) in [6.45, 7) is 0. The first-order valence-corrected chi connectivity index (χ1v) is 14.3. The van der Waals surface area contributed by atoms with Crippen LogP contribution in [0.25, 0.3) is 0 Å². The van der Waals surface area contributed by atoms with Gasteiger partial charge in [0.25, 0.3) is 11.8 Å². The van der Waals surface area contributed by atoms with Gasteiger partial charge in [0.1, 0.15) is 15.8 Å².